The number of hydrogen-bond acceptors (Lipinski definition) is 5. The van der Waals surface area contributed by atoms with E-state index >= 15 is 0 Å². The molecule has 4 rings (SSSR count). The van der Waals surface area contributed by atoms with Gasteiger partial charge in [-0.05, 0) is 56.1 Å². The van der Waals surface area contributed by atoms with Crippen LogP contribution in [0, 0.1) is 0 Å². The van der Waals surface area contributed by atoms with Crippen molar-refractivity contribution in [2.45, 2.75) is 18.8 Å². The van der Waals surface area contributed by atoms with Crippen LogP contribution in [-0.2, 0) is 0 Å². The number of halogens is 1. The first-order valence-corrected chi connectivity index (χ1v) is 9.68. The number of thiazole rings is 1. The number of piperidine rings is 1. The summed E-state index contributed by atoms with van der Waals surface area (Å²) in [5.41, 5.74) is 1.14. The molecule has 1 aliphatic heterocycles. The lowest BCUT2D eigenvalue weighted by molar-refractivity contribution is 0.102. The van der Waals surface area contributed by atoms with E-state index in [9.17, 15) is 4.79 Å². The van der Waals surface area contributed by atoms with Crippen molar-refractivity contribution >= 4 is 34.0 Å². The Balaban J connectivity index is 1.45. The minimum atomic E-state index is -0.267. The van der Waals surface area contributed by atoms with Gasteiger partial charge in [0.05, 0.1) is 5.69 Å². The van der Waals surface area contributed by atoms with Gasteiger partial charge in [0, 0.05) is 22.3 Å². The third kappa shape index (κ3) is 3.80. The van der Waals surface area contributed by atoms with Gasteiger partial charge in [0.1, 0.15) is 0 Å². The fraction of sp³-hybridized carbons (Fsp3) is 0.278. The summed E-state index contributed by atoms with van der Waals surface area (Å²) in [6.45, 7) is 2.07. The van der Waals surface area contributed by atoms with Crippen LogP contribution in [0.25, 0.3) is 5.69 Å². The van der Waals surface area contributed by atoms with Crippen molar-refractivity contribution in [3.05, 3.63) is 58.3 Å². The Morgan fingerprint density at radius 1 is 1.31 bits per heavy atom. The maximum absolute atomic E-state index is 12.5. The molecule has 2 N–H and O–H groups in total. The molecule has 8 heteroatoms. The number of amides is 1. The molecule has 0 spiro atoms. The summed E-state index contributed by atoms with van der Waals surface area (Å²) < 4.78 is 1.63. The molecule has 1 aliphatic rings. The first-order valence-electron chi connectivity index (χ1n) is 8.48. The first kappa shape index (κ1) is 17.2. The first-order chi connectivity index (χ1) is 12.7. The number of anilines is 1. The average Bonchev–Trinajstić information content (AvgIpc) is 3.32. The van der Waals surface area contributed by atoms with Crippen molar-refractivity contribution in [3.63, 3.8) is 0 Å². The number of rotatable bonds is 4. The molecule has 6 nitrogen and oxygen atoms in total. The summed E-state index contributed by atoms with van der Waals surface area (Å²) in [6, 6.07) is 8.99. The van der Waals surface area contributed by atoms with Crippen LogP contribution in [-0.4, -0.2) is 33.8 Å². The molecule has 0 radical (unpaired) electrons. The van der Waals surface area contributed by atoms with Gasteiger partial charge in [-0.3, -0.25) is 10.1 Å². The van der Waals surface area contributed by atoms with Crippen LogP contribution >= 0.6 is 22.9 Å². The molecule has 0 atom stereocenters. The monoisotopic (exact) mass is 387 g/mol. The van der Waals surface area contributed by atoms with E-state index in [0.29, 0.717) is 21.8 Å². The van der Waals surface area contributed by atoms with Gasteiger partial charge in [0.15, 0.2) is 10.8 Å². The molecular weight excluding hydrogens is 370 g/mol. The maximum Gasteiger partial charge on any atom is 0.277 e. The van der Waals surface area contributed by atoms with E-state index in [2.05, 4.69) is 20.7 Å². The van der Waals surface area contributed by atoms with Crippen molar-refractivity contribution in [2.24, 2.45) is 0 Å². The van der Waals surface area contributed by atoms with Gasteiger partial charge >= 0.3 is 0 Å². The Bertz CT molecular complexity index is 916. The van der Waals surface area contributed by atoms with Gasteiger partial charge in [0.2, 0.25) is 0 Å². The third-order valence-corrected chi connectivity index (χ3v) is 5.69. The molecule has 0 bridgehead atoms. The molecular formula is C18H18ClN5OS. The lowest BCUT2D eigenvalue weighted by Gasteiger charge is -2.20. The molecule has 1 fully saturated rings. The molecule has 1 aromatic carbocycles. The number of carbonyl (C=O) groups excluding carboxylic acids is 1. The highest BCUT2D eigenvalue weighted by atomic mass is 35.5. The highest BCUT2D eigenvalue weighted by Gasteiger charge is 2.19. The predicted molar refractivity (Wildman–Crippen MR) is 103 cm³/mol. The maximum atomic E-state index is 12.5. The molecule has 0 saturated carbocycles. The molecule has 26 heavy (non-hydrogen) atoms. The predicted octanol–water partition coefficient (Wildman–Crippen LogP) is 3.70. The van der Waals surface area contributed by atoms with E-state index in [1.54, 1.807) is 40.4 Å². The molecule has 2 aromatic heterocycles. The largest absolute Gasteiger partial charge is 0.317 e. The van der Waals surface area contributed by atoms with Gasteiger partial charge in [0.25, 0.3) is 5.91 Å². The topological polar surface area (TPSA) is 71.8 Å². The van der Waals surface area contributed by atoms with Crippen LogP contribution in [0.1, 0.15) is 34.1 Å². The highest BCUT2D eigenvalue weighted by molar-refractivity contribution is 7.15. The Kier molecular flexibility index (Phi) is 5.01. The Hall–Kier alpha value is -2.22. The second-order valence-electron chi connectivity index (χ2n) is 6.17. The second kappa shape index (κ2) is 7.57. The molecule has 134 valence electrons. The van der Waals surface area contributed by atoms with Gasteiger partial charge in [-0.25, -0.2) is 9.67 Å². The molecule has 1 saturated heterocycles. The van der Waals surface area contributed by atoms with Gasteiger partial charge < -0.3 is 5.32 Å². The smallest absolute Gasteiger partial charge is 0.277 e. The SMILES string of the molecule is O=C(Nc1ncc(C2CCNCC2)s1)c1ccn(-c2cccc(Cl)c2)n1. The minimum Gasteiger partial charge on any atom is -0.317 e. The van der Waals surface area contributed by atoms with Crippen molar-refractivity contribution in [1.29, 1.82) is 0 Å². The standard InChI is InChI=1S/C18H18ClN5OS/c19-13-2-1-3-14(10-13)24-9-6-15(23-24)17(25)22-18-21-11-16(26-18)12-4-7-20-8-5-12/h1-3,6,9-12,20H,4-5,7-8H2,(H,21,22,25). The summed E-state index contributed by atoms with van der Waals surface area (Å²) in [7, 11) is 0. The van der Waals surface area contributed by atoms with E-state index in [4.69, 9.17) is 11.6 Å². The number of aromatic nitrogens is 3. The van der Waals surface area contributed by atoms with Crippen LogP contribution in [0.4, 0.5) is 5.13 Å². The van der Waals surface area contributed by atoms with Gasteiger partial charge in [-0.2, -0.15) is 5.10 Å². The zero-order chi connectivity index (χ0) is 17.9. The molecule has 0 aliphatic carbocycles. The third-order valence-electron chi connectivity index (χ3n) is 4.38. The van der Waals surface area contributed by atoms with E-state index < -0.39 is 0 Å². The van der Waals surface area contributed by atoms with E-state index in [1.165, 1.54) is 4.88 Å². The average molecular weight is 388 g/mol. The minimum absolute atomic E-state index is 0.267. The number of nitrogens with zero attached hydrogens (tertiary/aromatic N) is 3. The summed E-state index contributed by atoms with van der Waals surface area (Å²) in [4.78, 5) is 18.0. The highest BCUT2D eigenvalue weighted by Crippen LogP contribution is 2.31. The van der Waals surface area contributed by atoms with E-state index in [-0.39, 0.29) is 5.91 Å². The van der Waals surface area contributed by atoms with E-state index in [1.807, 2.05) is 18.3 Å². The summed E-state index contributed by atoms with van der Waals surface area (Å²) in [5.74, 6) is 0.262. The van der Waals surface area contributed by atoms with Crippen molar-refractivity contribution in [3.8, 4) is 5.69 Å². The zero-order valence-electron chi connectivity index (χ0n) is 14.0. The molecule has 3 heterocycles. The number of carbonyl (C=O) groups is 1. The van der Waals surface area contributed by atoms with Crippen molar-refractivity contribution in [2.75, 3.05) is 18.4 Å². The van der Waals surface area contributed by atoms with Crippen molar-refractivity contribution < 1.29 is 4.79 Å². The fourth-order valence-electron chi connectivity index (χ4n) is 3.01. The lowest BCUT2D eigenvalue weighted by Crippen LogP contribution is -2.26. The van der Waals surface area contributed by atoms with Gasteiger partial charge in [-0.15, -0.1) is 11.3 Å². The van der Waals surface area contributed by atoms with Crippen LogP contribution in [0.3, 0.4) is 0 Å². The zero-order valence-corrected chi connectivity index (χ0v) is 15.6. The fourth-order valence-corrected chi connectivity index (χ4v) is 4.17. The van der Waals surface area contributed by atoms with Crippen LogP contribution in [0.5, 0.6) is 0 Å². The second-order valence-corrected chi connectivity index (χ2v) is 7.67. The molecule has 0 unspecified atom stereocenters. The number of benzene rings is 1. The Labute approximate surface area is 160 Å². The summed E-state index contributed by atoms with van der Waals surface area (Å²) in [6.07, 6.45) is 5.84. The van der Waals surface area contributed by atoms with Gasteiger partial charge in [-0.1, -0.05) is 17.7 Å². The van der Waals surface area contributed by atoms with Crippen molar-refractivity contribution in [1.82, 2.24) is 20.1 Å². The number of nitrogens with one attached hydrogen (secondary N) is 2. The molecule has 1 amide bonds. The number of hydrogen-bond donors (Lipinski definition) is 2. The Morgan fingerprint density at radius 2 is 2.15 bits per heavy atom. The Morgan fingerprint density at radius 3 is 2.96 bits per heavy atom. The van der Waals surface area contributed by atoms with Crippen LogP contribution < -0.4 is 10.6 Å². The normalized spacial score (nSPS) is 15.1. The summed E-state index contributed by atoms with van der Waals surface area (Å²) in [5, 5.41) is 11.8. The molecule has 3 aromatic rings. The lowest BCUT2D eigenvalue weighted by atomic mass is 9.97. The van der Waals surface area contributed by atoms with Crippen LogP contribution in [0.2, 0.25) is 5.02 Å². The quantitative estimate of drug-likeness (QED) is 0.716. The van der Waals surface area contributed by atoms with E-state index in [0.717, 1.165) is 31.6 Å². The van der Waals surface area contributed by atoms with Crippen LogP contribution in [0.15, 0.2) is 42.7 Å². The summed E-state index contributed by atoms with van der Waals surface area (Å²) >= 11 is 7.55.